The van der Waals surface area contributed by atoms with E-state index in [9.17, 15) is 0 Å². The fourth-order valence-electron chi connectivity index (χ4n) is 14.2. The number of fused-ring (bicyclic) bond motifs is 29. The lowest BCUT2D eigenvalue weighted by molar-refractivity contribution is 0.651. The average Bonchev–Trinajstić information content (AvgIpc) is 4.01. The molecule has 0 unspecified atom stereocenters. The van der Waals surface area contributed by atoms with Crippen LogP contribution in [0.4, 0.5) is 17.1 Å². The molecule has 4 heteroatoms. The second-order valence-electron chi connectivity index (χ2n) is 20.1. The highest BCUT2D eigenvalue weighted by molar-refractivity contribution is 7.00. The lowest BCUT2D eigenvalue weighted by Gasteiger charge is -2.38. The van der Waals surface area contributed by atoms with Crippen LogP contribution in [0.15, 0.2) is 229 Å². The Morgan fingerprint density at radius 1 is 0.306 bits per heavy atom. The molecule has 0 bridgehead atoms. The molecule has 2 aliphatic heterocycles. The van der Waals surface area contributed by atoms with Crippen LogP contribution in [-0.2, 0) is 0 Å². The maximum atomic E-state index is 7.48. The first kappa shape index (κ1) is 37.5. The van der Waals surface area contributed by atoms with Crippen LogP contribution in [0.2, 0.25) is 0 Å². The smallest absolute Gasteiger partial charge is 0.297 e. The number of aromatic nitrogens is 1. The van der Waals surface area contributed by atoms with Gasteiger partial charge in [-0.3, -0.25) is 0 Å². The number of nitrogens with zero attached hydrogens (tertiary/aromatic N) is 2. The van der Waals surface area contributed by atoms with Gasteiger partial charge in [-0.1, -0.05) is 188 Å². The van der Waals surface area contributed by atoms with E-state index in [0.29, 0.717) is 0 Å². The van der Waals surface area contributed by atoms with Crippen molar-refractivity contribution in [1.82, 2.24) is 4.57 Å². The fourth-order valence-corrected chi connectivity index (χ4v) is 14.2. The summed E-state index contributed by atoms with van der Waals surface area (Å²) in [7, 11) is 0. The first-order valence-electron chi connectivity index (χ1n) is 25.1. The molecule has 2 aliphatic rings. The molecule has 4 heterocycles. The van der Waals surface area contributed by atoms with Gasteiger partial charge >= 0.3 is 0 Å². The van der Waals surface area contributed by atoms with Crippen LogP contribution >= 0.6 is 0 Å². The first-order valence-corrected chi connectivity index (χ1v) is 25.1. The van der Waals surface area contributed by atoms with Crippen molar-refractivity contribution in [1.29, 1.82) is 0 Å². The van der Waals surface area contributed by atoms with Crippen LogP contribution in [0.25, 0.3) is 135 Å². The highest BCUT2D eigenvalue weighted by Gasteiger charge is 2.46. The summed E-state index contributed by atoms with van der Waals surface area (Å²) in [6.07, 6.45) is 0. The van der Waals surface area contributed by atoms with Gasteiger partial charge in [0.05, 0.1) is 28.1 Å². The molecular weight excluding hydrogens is 872 g/mol. The molecule has 0 N–H and O–H groups in total. The minimum atomic E-state index is -0.208. The highest BCUT2D eigenvalue weighted by atomic mass is 16.3. The topological polar surface area (TPSA) is 21.3 Å². The molecule has 328 valence electrons. The summed E-state index contributed by atoms with van der Waals surface area (Å²) in [6.45, 7) is -0.208. The average molecular weight is 909 g/mol. The molecule has 0 saturated heterocycles. The Bertz CT molecular complexity index is 5120. The van der Waals surface area contributed by atoms with Crippen molar-refractivity contribution in [2.24, 2.45) is 0 Å². The van der Waals surface area contributed by atoms with Crippen molar-refractivity contribution in [3.8, 4) is 5.69 Å². The zero-order valence-corrected chi connectivity index (χ0v) is 38.7. The predicted octanol–water partition coefficient (Wildman–Crippen LogP) is 16.5. The van der Waals surface area contributed by atoms with Crippen molar-refractivity contribution in [2.75, 3.05) is 4.90 Å². The fraction of sp³-hybridized carbons (Fsp3) is 0. The summed E-state index contributed by atoms with van der Waals surface area (Å²) in [5, 5.41) is 26.5. The van der Waals surface area contributed by atoms with Crippen LogP contribution in [0.5, 0.6) is 0 Å². The minimum Gasteiger partial charge on any atom is -0.468 e. The van der Waals surface area contributed by atoms with Crippen LogP contribution in [0, 0.1) is 0 Å². The summed E-state index contributed by atoms with van der Waals surface area (Å²) in [5.41, 5.74) is 11.4. The van der Waals surface area contributed by atoms with Gasteiger partial charge in [-0.15, -0.1) is 0 Å². The standard InChI is InChI=1S/C68H37BN2O/c1-4-20-42-38(17-1)41-21-7-10-26-47(41)60-48(42)30-15-31-55(60)70-57-32-16-33-58-65(57)69(68-66(70)52-29-13-14-34-59(52)72-68)54-37-53-46-25-6-3-19-40(46)44-23-9-12-28-50(44)62(53)64-63-56(71(58)67(54)64)36-35-51-45-24-5-2-18-39(45)43-22-8-11-27-49(43)61(51)63/h1-37H. The van der Waals surface area contributed by atoms with Crippen LogP contribution in [0.1, 0.15) is 0 Å². The molecule has 3 nitrogen and oxygen atoms in total. The minimum absolute atomic E-state index is 0.208. The SMILES string of the molecule is c1cc2c3c(c1)-n1c4ccc5c6ccccc6c6ccccc6c5c4c4c5c6ccccc6c6ccccc6c5cc(c41)B3c1oc3ccccc3c1N2c1cccc2c3ccccc3c3ccccc3c12. The van der Waals surface area contributed by atoms with Gasteiger partial charge in [-0.25, -0.2) is 0 Å². The number of para-hydroxylation sites is 1. The molecule has 2 aromatic heterocycles. The maximum Gasteiger partial charge on any atom is 0.297 e. The lowest BCUT2D eigenvalue weighted by atomic mass is 9.35. The number of benzene rings is 14. The van der Waals surface area contributed by atoms with Gasteiger partial charge in [0.15, 0.2) is 0 Å². The lowest BCUT2D eigenvalue weighted by Crippen LogP contribution is -2.60. The largest absolute Gasteiger partial charge is 0.468 e. The maximum absolute atomic E-state index is 7.48. The van der Waals surface area contributed by atoms with Gasteiger partial charge in [0.1, 0.15) is 5.58 Å². The molecule has 0 saturated carbocycles. The zero-order valence-electron chi connectivity index (χ0n) is 38.7. The van der Waals surface area contributed by atoms with E-state index in [4.69, 9.17) is 4.42 Å². The van der Waals surface area contributed by atoms with E-state index in [2.05, 4.69) is 234 Å². The van der Waals surface area contributed by atoms with Gasteiger partial charge in [0, 0.05) is 43.7 Å². The molecule has 0 aliphatic carbocycles. The summed E-state index contributed by atoms with van der Waals surface area (Å²) in [6, 6.07) is 84.1. The zero-order chi connectivity index (χ0) is 46.5. The third-order valence-electron chi connectivity index (χ3n) is 16.8. The molecule has 18 rings (SSSR count). The molecule has 0 fully saturated rings. The number of anilines is 3. The van der Waals surface area contributed by atoms with E-state index >= 15 is 0 Å². The van der Waals surface area contributed by atoms with E-state index in [1.165, 1.54) is 141 Å². The van der Waals surface area contributed by atoms with E-state index in [0.717, 1.165) is 28.0 Å². The second-order valence-corrected chi connectivity index (χ2v) is 20.1. The van der Waals surface area contributed by atoms with E-state index in [-0.39, 0.29) is 6.71 Å². The number of rotatable bonds is 1. The highest BCUT2D eigenvalue weighted by Crippen LogP contribution is 2.52. The van der Waals surface area contributed by atoms with Gasteiger partial charge in [0.2, 0.25) is 0 Å². The third-order valence-corrected chi connectivity index (χ3v) is 16.8. The summed E-state index contributed by atoms with van der Waals surface area (Å²) >= 11 is 0. The molecule has 0 radical (unpaired) electrons. The van der Waals surface area contributed by atoms with Crippen LogP contribution in [-0.4, -0.2) is 11.3 Å². The number of hydrogen-bond donors (Lipinski definition) is 0. The number of furan rings is 1. The Hall–Kier alpha value is -9.38. The summed E-state index contributed by atoms with van der Waals surface area (Å²) in [5.74, 6) is 0. The molecule has 0 spiro atoms. The van der Waals surface area contributed by atoms with Gasteiger partial charge in [-0.2, -0.15) is 0 Å². The monoisotopic (exact) mass is 908 g/mol. The van der Waals surface area contributed by atoms with Gasteiger partial charge in [-0.05, 0) is 128 Å². The molecule has 14 aromatic carbocycles. The molecule has 72 heavy (non-hydrogen) atoms. The quantitative estimate of drug-likeness (QED) is 0.121. The second kappa shape index (κ2) is 13.3. The summed E-state index contributed by atoms with van der Waals surface area (Å²) in [4.78, 5) is 2.56. The van der Waals surface area contributed by atoms with E-state index < -0.39 is 0 Å². The van der Waals surface area contributed by atoms with Gasteiger partial charge in [0.25, 0.3) is 6.71 Å². The summed E-state index contributed by atoms with van der Waals surface area (Å²) < 4.78 is 10.1. The Balaban J connectivity index is 1.09. The van der Waals surface area contributed by atoms with Crippen LogP contribution < -0.4 is 21.5 Å². The van der Waals surface area contributed by atoms with E-state index in [1.54, 1.807) is 0 Å². The van der Waals surface area contributed by atoms with Crippen molar-refractivity contribution < 1.29 is 4.42 Å². The van der Waals surface area contributed by atoms with Crippen molar-refractivity contribution in [3.63, 3.8) is 0 Å². The van der Waals surface area contributed by atoms with Gasteiger partial charge < -0.3 is 13.9 Å². The Labute approximate surface area is 412 Å². The molecule has 0 atom stereocenters. The third kappa shape index (κ3) is 4.43. The Kier molecular flexibility index (Phi) is 6.92. The number of hydrogen-bond acceptors (Lipinski definition) is 2. The van der Waals surface area contributed by atoms with E-state index in [1.807, 2.05) is 0 Å². The van der Waals surface area contributed by atoms with Crippen molar-refractivity contribution in [2.45, 2.75) is 0 Å². The predicted molar refractivity (Wildman–Crippen MR) is 307 cm³/mol. The van der Waals surface area contributed by atoms with Crippen molar-refractivity contribution in [3.05, 3.63) is 224 Å². The first-order chi connectivity index (χ1) is 35.8. The Morgan fingerprint density at radius 3 is 1.31 bits per heavy atom. The Morgan fingerprint density at radius 2 is 0.722 bits per heavy atom. The molecule has 0 amide bonds. The van der Waals surface area contributed by atoms with Crippen molar-refractivity contribution >= 4 is 170 Å². The normalized spacial score (nSPS) is 13.2. The van der Waals surface area contributed by atoms with Crippen LogP contribution in [0.3, 0.4) is 0 Å². The molecule has 16 aromatic rings. The molecular formula is C68H37BN2O.